The Morgan fingerprint density at radius 1 is 1.25 bits per heavy atom. The molecule has 0 amide bonds. The Hall–Kier alpha value is -0.100. The van der Waals surface area contributed by atoms with Crippen LogP contribution in [0.1, 0.15) is 40.0 Å². The third-order valence-corrected chi connectivity index (χ3v) is 4.34. The van der Waals surface area contributed by atoms with Crippen LogP contribution in [0, 0.1) is 5.92 Å². The van der Waals surface area contributed by atoms with Gasteiger partial charge in [-0.15, -0.1) is 0 Å². The van der Waals surface area contributed by atoms with E-state index in [-0.39, 0.29) is 0 Å². The van der Waals surface area contributed by atoms with E-state index in [4.69, 9.17) is 0 Å². The highest BCUT2D eigenvalue weighted by Crippen LogP contribution is 2.37. The average Bonchev–Trinajstić information content (AvgIpc) is 1.95. The first-order valence-electron chi connectivity index (χ1n) is 5.37. The molecule has 2 unspecified atom stereocenters. The van der Waals surface area contributed by atoms with Crippen LogP contribution >= 0.6 is 0 Å². The van der Waals surface area contributed by atoms with E-state index in [9.17, 15) is 17.4 Å². The van der Waals surface area contributed by atoms with Gasteiger partial charge < -0.3 is 0 Å². The molecule has 1 aliphatic rings. The Balaban J connectivity index is 2.68. The fourth-order valence-electron chi connectivity index (χ4n) is 1.50. The third-order valence-electron chi connectivity index (χ3n) is 2.76. The summed E-state index contributed by atoms with van der Waals surface area (Å²) in [6, 6.07) is -1.62. The van der Waals surface area contributed by atoms with Gasteiger partial charge in [0.2, 0.25) is 0 Å². The van der Waals surface area contributed by atoms with Gasteiger partial charge in [-0.1, -0.05) is 6.42 Å². The van der Waals surface area contributed by atoms with E-state index in [0.717, 1.165) is 6.42 Å². The Bertz CT molecular complexity index is 268. The van der Waals surface area contributed by atoms with Crippen molar-refractivity contribution in [2.24, 2.45) is 5.92 Å². The van der Waals surface area contributed by atoms with Crippen molar-refractivity contribution in [3.8, 4) is 0 Å². The molecule has 1 rings (SSSR count). The smallest absolute Gasteiger partial charge is 0.242 e. The average molecular weight is 257 g/mol. The van der Waals surface area contributed by atoms with Crippen LogP contribution in [-0.2, 0) is 11.0 Å². The summed E-state index contributed by atoms with van der Waals surface area (Å²) in [5.74, 6) is -0.411. The van der Waals surface area contributed by atoms with Crippen molar-refractivity contribution in [2.75, 3.05) is 0 Å². The molecular weight excluding hydrogens is 239 g/mol. The number of rotatable bonds is 3. The first kappa shape index (κ1) is 14.0. The molecule has 0 bridgehead atoms. The molecule has 0 saturated heterocycles. The predicted molar refractivity (Wildman–Crippen MR) is 58.2 cm³/mol. The summed E-state index contributed by atoms with van der Waals surface area (Å²) in [5, 5.41) is 0. The summed E-state index contributed by atoms with van der Waals surface area (Å²) in [7, 11) is -1.67. The zero-order valence-corrected chi connectivity index (χ0v) is 10.5. The molecule has 0 aliphatic heterocycles. The normalized spacial score (nSPS) is 22.6. The zero-order chi connectivity index (χ0) is 12.6. The van der Waals surface area contributed by atoms with E-state index in [2.05, 4.69) is 4.72 Å². The number of alkyl halides is 3. The highest BCUT2D eigenvalue weighted by atomic mass is 32.2. The molecule has 0 aromatic carbocycles. The van der Waals surface area contributed by atoms with E-state index in [1.165, 1.54) is 0 Å². The minimum absolute atomic E-state index is 0.411. The van der Waals surface area contributed by atoms with Crippen LogP contribution in [0.5, 0.6) is 0 Å². The van der Waals surface area contributed by atoms with Crippen molar-refractivity contribution < 1.29 is 17.4 Å². The number of hydrogen-bond acceptors (Lipinski definition) is 1. The SMILES string of the molecule is CC(C)(C)S(=O)NC(C1CCC1)C(F)(F)F. The quantitative estimate of drug-likeness (QED) is 0.827. The summed E-state index contributed by atoms with van der Waals surface area (Å²) in [5.41, 5.74) is 0. The highest BCUT2D eigenvalue weighted by Gasteiger charge is 2.47. The Morgan fingerprint density at radius 2 is 1.75 bits per heavy atom. The first-order valence-corrected chi connectivity index (χ1v) is 6.52. The number of halogens is 3. The molecule has 2 atom stereocenters. The van der Waals surface area contributed by atoms with E-state index in [0.29, 0.717) is 12.8 Å². The van der Waals surface area contributed by atoms with Crippen molar-refractivity contribution >= 4 is 11.0 Å². The zero-order valence-electron chi connectivity index (χ0n) is 9.73. The molecule has 96 valence electrons. The topological polar surface area (TPSA) is 29.1 Å². The van der Waals surface area contributed by atoms with Crippen LogP contribution in [0.3, 0.4) is 0 Å². The summed E-state index contributed by atoms with van der Waals surface area (Å²) in [4.78, 5) is 0. The third kappa shape index (κ3) is 3.45. The maximum Gasteiger partial charge on any atom is 0.405 e. The van der Waals surface area contributed by atoms with Crippen molar-refractivity contribution in [1.82, 2.24) is 4.72 Å². The highest BCUT2D eigenvalue weighted by molar-refractivity contribution is 7.84. The lowest BCUT2D eigenvalue weighted by atomic mass is 9.80. The van der Waals surface area contributed by atoms with Crippen LogP contribution in [0.4, 0.5) is 13.2 Å². The number of nitrogens with one attached hydrogen (secondary N) is 1. The van der Waals surface area contributed by atoms with E-state index >= 15 is 0 Å². The summed E-state index contributed by atoms with van der Waals surface area (Å²) < 4.78 is 51.5. The summed E-state index contributed by atoms with van der Waals surface area (Å²) in [6.07, 6.45) is -2.34. The molecule has 0 aromatic heterocycles. The van der Waals surface area contributed by atoms with Gasteiger partial charge in [0.25, 0.3) is 0 Å². The first-order chi connectivity index (χ1) is 7.12. The minimum atomic E-state index is -4.31. The fourth-order valence-corrected chi connectivity index (χ4v) is 2.41. The Labute approximate surface area is 96.6 Å². The lowest BCUT2D eigenvalue weighted by molar-refractivity contribution is -0.168. The molecular formula is C10H18F3NOS. The molecule has 1 saturated carbocycles. The van der Waals surface area contributed by atoms with Gasteiger partial charge in [0.05, 0.1) is 15.7 Å². The molecule has 0 heterocycles. The second-order valence-corrected chi connectivity index (χ2v) is 7.21. The van der Waals surface area contributed by atoms with Gasteiger partial charge in [0, 0.05) is 0 Å². The van der Waals surface area contributed by atoms with Crippen LogP contribution in [0.25, 0.3) is 0 Å². The largest absolute Gasteiger partial charge is 0.405 e. The Morgan fingerprint density at radius 3 is 2.00 bits per heavy atom. The second kappa shape index (κ2) is 4.64. The van der Waals surface area contributed by atoms with Gasteiger partial charge in [-0.25, -0.2) is 8.93 Å². The van der Waals surface area contributed by atoms with E-state index in [1.807, 2.05) is 0 Å². The summed E-state index contributed by atoms with van der Waals surface area (Å²) >= 11 is 0. The summed E-state index contributed by atoms with van der Waals surface area (Å²) in [6.45, 7) is 4.97. The van der Waals surface area contributed by atoms with Crippen LogP contribution in [0.15, 0.2) is 0 Å². The lowest BCUT2D eigenvalue weighted by Gasteiger charge is -2.36. The molecule has 1 fully saturated rings. The molecule has 0 radical (unpaired) electrons. The van der Waals surface area contributed by atoms with Gasteiger partial charge in [0.15, 0.2) is 0 Å². The van der Waals surface area contributed by atoms with Crippen molar-refractivity contribution in [2.45, 2.75) is 57.0 Å². The van der Waals surface area contributed by atoms with Gasteiger partial charge in [0.1, 0.15) is 6.04 Å². The van der Waals surface area contributed by atoms with E-state index in [1.54, 1.807) is 20.8 Å². The fraction of sp³-hybridized carbons (Fsp3) is 1.00. The second-order valence-electron chi connectivity index (χ2n) is 5.21. The monoisotopic (exact) mass is 257 g/mol. The maximum atomic E-state index is 12.7. The number of hydrogen-bond donors (Lipinski definition) is 1. The molecule has 16 heavy (non-hydrogen) atoms. The van der Waals surface area contributed by atoms with Crippen molar-refractivity contribution in [3.05, 3.63) is 0 Å². The standard InChI is InChI=1S/C10H18F3NOS/c1-9(2,3)16(15)14-8(10(11,12)13)7-5-4-6-7/h7-8,14H,4-6H2,1-3H3. The van der Waals surface area contributed by atoms with Crippen LogP contribution < -0.4 is 4.72 Å². The van der Waals surface area contributed by atoms with Crippen LogP contribution in [0.2, 0.25) is 0 Å². The maximum absolute atomic E-state index is 12.7. The van der Waals surface area contributed by atoms with Crippen molar-refractivity contribution in [1.29, 1.82) is 0 Å². The van der Waals surface area contributed by atoms with Gasteiger partial charge in [-0.05, 0) is 39.5 Å². The lowest BCUT2D eigenvalue weighted by Crippen LogP contribution is -2.53. The Kier molecular flexibility index (Phi) is 4.05. The van der Waals surface area contributed by atoms with Gasteiger partial charge in [-0.3, -0.25) is 0 Å². The molecule has 1 N–H and O–H groups in total. The minimum Gasteiger partial charge on any atom is -0.242 e. The molecule has 6 heteroatoms. The van der Waals surface area contributed by atoms with Gasteiger partial charge in [-0.2, -0.15) is 13.2 Å². The van der Waals surface area contributed by atoms with E-state index < -0.39 is 33.9 Å². The van der Waals surface area contributed by atoms with Crippen LogP contribution in [-0.4, -0.2) is 21.2 Å². The molecule has 1 aliphatic carbocycles. The van der Waals surface area contributed by atoms with Gasteiger partial charge >= 0.3 is 6.18 Å². The molecule has 0 aromatic rings. The van der Waals surface area contributed by atoms with Crippen molar-refractivity contribution in [3.63, 3.8) is 0 Å². The predicted octanol–water partition coefficient (Wildman–Crippen LogP) is 2.77. The molecule has 0 spiro atoms. The molecule has 2 nitrogen and oxygen atoms in total.